The van der Waals surface area contributed by atoms with E-state index in [-0.39, 0.29) is 11.9 Å². The molecule has 0 radical (unpaired) electrons. The third-order valence-corrected chi connectivity index (χ3v) is 5.34. The molecular formula is C19H26N4O2S. The Morgan fingerprint density at radius 2 is 2.00 bits per heavy atom. The quantitative estimate of drug-likeness (QED) is 0.593. The van der Waals surface area contributed by atoms with E-state index in [0.717, 1.165) is 30.2 Å². The number of aryl methyl sites for hydroxylation is 2. The van der Waals surface area contributed by atoms with Crippen molar-refractivity contribution in [1.29, 1.82) is 0 Å². The van der Waals surface area contributed by atoms with E-state index in [2.05, 4.69) is 20.2 Å². The first-order chi connectivity index (χ1) is 12.6. The number of hydrogen-bond acceptors (Lipinski definition) is 6. The normalized spacial score (nSPS) is 16.4. The van der Waals surface area contributed by atoms with Crippen molar-refractivity contribution in [3.05, 3.63) is 41.6 Å². The van der Waals surface area contributed by atoms with E-state index in [4.69, 9.17) is 4.42 Å². The summed E-state index contributed by atoms with van der Waals surface area (Å²) in [5.74, 6) is 1.22. The lowest BCUT2D eigenvalue weighted by Crippen LogP contribution is -2.40. The highest BCUT2D eigenvalue weighted by Gasteiger charge is 2.24. The third kappa shape index (κ3) is 5.32. The minimum atomic E-state index is -0.00803. The second-order valence-electron chi connectivity index (χ2n) is 6.65. The summed E-state index contributed by atoms with van der Waals surface area (Å²) >= 11 is 1.37. The number of aromatic nitrogens is 2. The van der Waals surface area contributed by atoms with E-state index in [9.17, 15) is 4.79 Å². The fourth-order valence-corrected chi connectivity index (χ4v) is 4.05. The molecule has 0 saturated carbocycles. The molecule has 1 amide bonds. The van der Waals surface area contributed by atoms with Gasteiger partial charge in [-0.3, -0.25) is 9.69 Å². The van der Waals surface area contributed by atoms with Gasteiger partial charge in [0.1, 0.15) is 5.76 Å². The lowest BCUT2D eigenvalue weighted by atomic mass is 10.1. The molecule has 3 rings (SSSR count). The van der Waals surface area contributed by atoms with Gasteiger partial charge in [-0.05, 0) is 58.0 Å². The number of piperidine rings is 1. The molecule has 3 heterocycles. The second kappa shape index (κ2) is 9.19. The molecule has 0 aromatic carbocycles. The van der Waals surface area contributed by atoms with Crippen LogP contribution in [0.4, 0.5) is 0 Å². The molecule has 1 aliphatic rings. The van der Waals surface area contributed by atoms with Crippen molar-refractivity contribution in [2.75, 3.05) is 25.4 Å². The smallest absolute Gasteiger partial charge is 0.230 e. The summed E-state index contributed by atoms with van der Waals surface area (Å²) in [6, 6.07) is 5.92. The number of nitrogens with one attached hydrogen (secondary N) is 1. The third-order valence-electron chi connectivity index (χ3n) is 4.49. The van der Waals surface area contributed by atoms with Gasteiger partial charge in [0.2, 0.25) is 5.91 Å². The van der Waals surface area contributed by atoms with E-state index in [1.165, 1.54) is 31.0 Å². The maximum atomic E-state index is 12.3. The van der Waals surface area contributed by atoms with Crippen molar-refractivity contribution in [2.24, 2.45) is 0 Å². The molecule has 2 aromatic rings. The molecule has 1 N–H and O–H groups in total. The molecule has 1 atom stereocenters. The number of rotatable bonds is 7. The Labute approximate surface area is 158 Å². The van der Waals surface area contributed by atoms with E-state index < -0.39 is 0 Å². The van der Waals surface area contributed by atoms with Crippen molar-refractivity contribution in [1.82, 2.24) is 20.2 Å². The fourth-order valence-electron chi connectivity index (χ4n) is 3.27. The van der Waals surface area contributed by atoms with Crippen LogP contribution in [0.3, 0.4) is 0 Å². The largest absolute Gasteiger partial charge is 0.468 e. The average Bonchev–Trinajstić information content (AvgIpc) is 3.15. The van der Waals surface area contributed by atoms with Crippen LogP contribution in [0, 0.1) is 13.8 Å². The zero-order valence-corrected chi connectivity index (χ0v) is 16.2. The number of amides is 1. The summed E-state index contributed by atoms with van der Waals surface area (Å²) in [6.45, 7) is 6.52. The van der Waals surface area contributed by atoms with Gasteiger partial charge in [0, 0.05) is 17.9 Å². The van der Waals surface area contributed by atoms with Gasteiger partial charge in [-0.25, -0.2) is 9.97 Å². The zero-order chi connectivity index (χ0) is 18.4. The van der Waals surface area contributed by atoms with Gasteiger partial charge in [0.25, 0.3) is 0 Å². The van der Waals surface area contributed by atoms with Crippen LogP contribution >= 0.6 is 11.8 Å². The van der Waals surface area contributed by atoms with Crippen LogP contribution in [-0.2, 0) is 4.79 Å². The zero-order valence-electron chi connectivity index (χ0n) is 15.4. The standard InChI is InChI=1S/C19H26N4O2S/c1-14-11-15(2)22-19(21-14)26-13-18(24)20-12-16(17-7-6-10-25-17)23-8-4-3-5-9-23/h6-7,10-11,16H,3-5,8-9,12-13H2,1-2H3,(H,20,24)/t16-/m0/s1. The monoisotopic (exact) mass is 374 g/mol. The Kier molecular flexibility index (Phi) is 6.68. The molecule has 0 aliphatic carbocycles. The van der Waals surface area contributed by atoms with Gasteiger partial charge >= 0.3 is 0 Å². The van der Waals surface area contributed by atoms with Crippen LogP contribution in [0.2, 0.25) is 0 Å². The molecule has 0 bridgehead atoms. The lowest BCUT2D eigenvalue weighted by molar-refractivity contribution is -0.118. The molecule has 140 valence electrons. The number of carbonyl (C=O) groups excluding carboxylic acids is 1. The predicted molar refractivity (Wildman–Crippen MR) is 102 cm³/mol. The van der Waals surface area contributed by atoms with Crippen LogP contribution < -0.4 is 5.32 Å². The first-order valence-electron chi connectivity index (χ1n) is 9.11. The molecule has 6 nitrogen and oxygen atoms in total. The van der Waals surface area contributed by atoms with Crippen LogP contribution in [0.25, 0.3) is 0 Å². The summed E-state index contributed by atoms with van der Waals surface area (Å²) in [5, 5.41) is 3.70. The predicted octanol–water partition coefficient (Wildman–Crippen LogP) is 3.12. The van der Waals surface area contributed by atoms with Crippen LogP contribution in [-0.4, -0.2) is 46.2 Å². The van der Waals surface area contributed by atoms with E-state index in [0.29, 0.717) is 17.5 Å². The number of furan rings is 1. The second-order valence-corrected chi connectivity index (χ2v) is 7.60. The number of hydrogen-bond donors (Lipinski definition) is 1. The highest BCUT2D eigenvalue weighted by molar-refractivity contribution is 7.99. The Bertz CT molecular complexity index is 694. The van der Waals surface area contributed by atoms with Crippen LogP contribution in [0.1, 0.15) is 42.5 Å². The van der Waals surface area contributed by atoms with Crippen molar-refractivity contribution in [2.45, 2.75) is 44.3 Å². The van der Waals surface area contributed by atoms with Gasteiger partial charge in [-0.2, -0.15) is 0 Å². The first kappa shape index (κ1) is 18.9. The summed E-state index contributed by atoms with van der Waals surface area (Å²) in [6.07, 6.45) is 5.37. The molecule has 0 spiro atoms. The number of carbonyl (C=O) groups is 1. The van der Waals surface area contributed by atoms with Crippen molar-refractivity contribution >= 4 is 17.7 Å². The molecule has 2 aromatic heterocycles. The van der Waals surface area contributed by atoms with Crippen molar-refractivity contribution in [3.8, 4) is 0 Å². The minimum Gasteiger partial charge on any atom is -0.468 e. The molecule has 1 aliphatic heterocycles. The van der Waals surface area contributed by atoms with Gasteiger partial charge in [-0.1, -0.05) is 18.2 Å². The van der Waals surface area contributed by atoms with Gasteiger partial charge in [0.05, 0.1) is 18.1 Å². The SMILES string of the molecule is Cc1cc(C)nc(SCC(=O)NC[C@@H](c2ccco2)N2CCCCC2)n1. The molecule has 7 heteroatoms. The number of thioether (sulfide) groups is 1. The molecular weight excluding hydrogens is 348 g/mol. The van der Waals surface area contributed by atoms with Crippen molar-refractivity contribution in [3.63, 3.8) is 0 Å². The van der Waals surface area contributed by atoms with Crippen molar-refractivity contribution < 1.29 is 9.21 Å². The summed E-state index contributed by atoms with van der Waals surface area (Å²) in [4.78, 5) is 23.4. The van der Waals surface area contributed by atoms with Gasteiger partial charge in [-0.15, -0.1) is 0 Å². The van der Waals surface area contributed by atoms with Gasteiger partial charge in [0.15, 0.2) is 5.16 Å². The van der Waals surface area contributed by atoms with Crippen LogP contribution in [0.15, 0.2) is 34.0 Å². The maximum absolute atomic E-state index is 12.3. The Balaban J connectivity index is 1.53. The van der Waals surface area contributed by atoms with E-state index in [1.54, 1.807) is 6.26 Å². The summed E-state index contributed by atoms with van der Waals surface area (Å²) in [7, 11) is 0. The average molecular weight is 375 g/mol. The molecule has 1 saturated heterocycles. The maximum Gasteiger partial charge on any atom is 0.230 e. The Morgan fingerprint density at radius 3 is 2.65 bits per heavy atom. The molecule has 1 fully saturated rings. The lowest BCUT2D eigenvalue weighted by Gasteiger charge is -2.33. The fraction of sp³-hybridized carbons (Fsp3) is 0.526. The van der Waals surface area contributed by atoms with E-state index in [1.807, 2.05) is 32.0 Å². The number of likely N-dealkylation sites (tertiary alicyclic amines) is 1. The van der Waals surface area contributed by atoms with Crippen LogP contribution in [0.5, 0.6) is 0 Å². The Morgan fingerprint density at radius 1 is 1.27 bits per heavy atom. The van der Waals surface area contributed by atoms with E-state index >= 15 is 0 Å². The minimum absolute atomic E-state index is 0.00803. The van der Waals surface area contributed by atoms with Gasteiger partial charge < -0.3 is 9.73 Å². The number of nitrogens with zero attached hydrogens (tertiary/aromatic N) is 3. The summed E-state index contributed by atoms with van der Waals surface area (Å²) in [5.41, 5.74) is 1.84. The highest BCUT2D eigenvalue weighted by atomic mass is 32.2. The first-order valence-corrected chi connectivity index (χ1v) is 10.1. The summed E-state index contributed by atoms with van der Waals surface area (Å²) < 4.78 is 5.62. The Hall–Kier alpha value is -1.86. The molecule has 26 heavy (non-hydrogen) atoms. The molecule has 0 unspecified atom stereocenters. The highest BCUT2D eigenvalue weighted by Crippen LogP contribution is 2.24. The topological polar surface area (TPSA) is 71.3 Å².